The summed E-state index contributed by atoms with van der Waals surface area (Å²) in [6, 6.07) is 2.08. The molecule has 0 spiro atoms. The molecule has 1 rings (SSSR count). The van der Waals surface area contributed by atoms with Crippen molar-refractivity contribution >= 4 is 0 Å². The van der Waals surface area contributed by atoms with Crippen molar-refractivity contribution in [2.24, 2.45) is 5.73 Å². The van der Waals surface area contributed by atoms with Crippen molar-refractivity contribution in [3.8, 4) is 0 Å². The molecule has 1 heterocycles. The highest BCUT2D eigenvalue weighted by Gasteiger charge is 2.38. The number of hydrogen-bond donors (Lipinski definition) is 1. The summed E-state index contributed by atoms with van der Waals surface area (Å²) in [6.45, 7) is 5.88. The van der Waals surface area contributed by atoms with Crippen LogP contribution in [-0.4, -0.2) is 29.7 Å². The number of nitrogens with zero attached hydrogens (tertiary/aromatic N) is 1. The lowest BCUT2D eigenvalue weighted by Gasteiger charge is -2.36. The van der Waals surface area contributed by atoms with E-state index in [-0.39, 0.29) is 6.04 Å². The minimum atomic E-state index is -4.26. The molecule has 110 valence electrons. The molecule has 3 nitrogen and oxygen atoms in total. The van der Waals surface area contributed by atoms with E-state index < -0.39 is 24.8 Å². The van der Waals surface area contributed by atoms with Crippen molar-refractivity contribution < 1.29 is 17.6 Å². The fourth-order valence-corrected chi connectivity index (χ4v) is 2.15. The molecule has 1 aromatic rings. The summed E-state index contributed by atoms with van der Waals surface area (Å²) in [5, 5.41) is 0. The highest BCUT2D eigenvalue weighted by Crippen LogP contribution is 2.30. The van der Waals surface area contributed by atoms with E-state index in [9.17, 15) is 13.2 Å². The summed E-state index contributed by atoms with van der Waals surface area (Å²) in [5.74, 6) is 1.14. The van der Waals surface area contributed by atoms with Crippen LogP contribution < -0.4 is 5.73 Å². The zero-order valence-corrected chi connectivity index (χ0v) is 11.7. The quantitative estimate of drug-likeness (QED) is 0.899. The number of aryl methyl sites for hydroxylation is 1. The van der Waals surface area contributed by atoms with Crippen LogP contribution in [0.3, 0.4) is 0 Å². The number of rotatable bonds is 5. The lowest BCUT2D eigenvalue weighted by atomic mass is 10.0. The topological polar surface area (TPSA) is 42.4 Å². The van der Waals surface area contributed by atoms with Gasteiger partial charge in [0, 0.05) is 12.1 Å². The van der Waals surface area contributed by atoms with E-state index in [4.69, 9.17) is 10.2 Å². The molecular weight excluding hydrogens is 257 g/mol. The largest absolute Gasteiger partial charge is 0.465 e. The summed E-state index contributed by atoms with van der Waals surface area (Å²) in [4.78, 5) is 1.32. The van der Waals surface area contributed by atoms with E-state index >= 15 is 0 Å². The first kappa shape index (κ1) is 16.0. The van der Waals surface area contributed by atoms with E-state index in [2.05, 4.69) is 0 Å². The molecule has 2 unspecified atom stereocenters. The maximum atomic E-state index is 12.7. The van der Waals surface area contributed by atoms with Crippen LogP contribution in [-0.2, 0) is 0 Å². The average Bonchev–Trinajstić information content (AvgIpc) is 2.61. The van der Waals surface area contributed by atoms with Gasteiger partial charge < -0.3 is 10.2 Å². The Labute approximate surface area is 111 Å². The van der Waals surface area contributed by atoms with Crippen LogP contribution in [0.25, 0.3) is 0 Å². The van der Waals surface area contributed by atoms with Crippen molar-refractivity contribution in [3.63, 3.8) is 0 Å². The second-order valence-electron chi connectivity index (χ2n) is 5.13. The number of nitrogens with two attached hydrogens (primary N) is 1. The summed E-state index contributed by atoms with van der Waals surface area (Å²) in [6.07, 6.45) is -4.26. The lowest BCUT2D eigenvalue weighted by Crippen LogP contribution is -2.47. The summed E-state index contributed by atoms with van der Waals surface area (Å²) >= 11 is 0. The molecule has 0 saturated carbocycles. The molecule has 0 aliphatic heterocycles. The summed E-state index contributed by atoms with van der Waals surface area (Å²) < 4.78 is 43.6. The smallest absolute Gasteiger partial charge is 0.401 e. The third-order valence-corrected chi connectivity index (χ3v) is 2.93. The van der Waals surface area contributed by atoms with Gasteiger partial charge in [-0.1, -0.05) is 0 Å². The Morgan fingerprint density at radius 3 is 2.16 bits per heavy atom. The van der Waals surface area contributed by atoms with Crippen molar-refractivity contribution in [3.05, 3.63) is 23.7 Å². The molecular formula is C13H21F3N2O. The minimum Gasteiger partial charge on any atom is -0.465 e. The molecule has 2 N–H and O–H groups in total. The van der Waals surface area contributed by atoms with Crippen molar-refractivity contribution in [1.29, 1.82) is 0 Å². The Kier molecular flexibility index (Phi) is 5.04. The maximum Gasteiger partial charge on any atom is 0.401 e. The third kappa shape index (κ3) is 4.54. The third-order valence-electron chi connectivity index (χ3n) is 2.93. The molecule has 0 bridgehead atoms. The Morgan fingerprint density at radius 1 is 1.26 bits per heavy atom. The van der Waals surface area contributed by atoms with E-state index in [1.807, 2.05) is 0 Å². The fraction of sp³-hybridized carbons (Fsp3) is 0.692. The average molecular weight is 278 g/mol. The van der Waals surface area contributed by atoms with Crippen molar-refractivity contribution in [2.75, 3.05) is 6.54 Å². The van der Waals surface area contributed by atoms with E-state index in [1.54, 1.807) is 39.8 Å². The van der Waals surface area contributed by atoms with E-state index in [0.717, 1.165) is 0 Å². The normalized spacial score (nSPS) is 16.1. The van der Waals surface area contributed by atoms with Gasteiger partial charge in [-0.3, -0.25) is 4.90 Å². The predicted octanol–water partition coefficient (Wildman–Crippen LogP) is 3.25. The standard InChI is InChI=1S/C13H21F3N2O/c1-8(2)18(7-13(14,15)16)12(10(4)17)11-6-5-9(3)19-11/h5-6,8,10,12H,7,17H2,1-4H3. The first-order chi connectivity index (χ1) is 8.61. The fourth-order valence-electron chi connectivity index (χ4n) is 2.15. The van der Waals surface area contributed by atoms with Crippen LogP contribution in [0.5, 0.6) is 0 Å². The first-order valence-electron chi connectivity index (χ1n) is 6.26. The second-order valence-corrected chi connectivity index (χ2v) is 5.13. The number of halogens is 3. The molecule has 19 heavy (non-hydrogen) atoms. The van der Waals surface area contributed by atoms with Gasteiger partial charge in [-0.2, -0.15) is 13.2 Å². The van der Waals surface area contributed by atoms with Crippen molar-refractivity contribution in [1.82, 2.24) is 4.90 Å². The SMILES string of the molecule is Cc1ccc(C(C(C)N)N(CC(F)(F)F)C(C)C)o1. The van der Waals surface area contributed by atoms with E-state index in [1.165, 1.54) is 4.90 Å². The molecule has 0 amide bonds. The van der Waals surface area contributed by atoms with Gasteiger partial charge in [0.15, 0.2) is 0 Å². The molecule has 0 aliphatic rings. The summed E-state index contributed by atoms with van der Waals surface area (Å²) in [7, 11) is 0. The maximum absolute atomic E-state index is 12.7. The van der Waals surface area contributed by atoms with Crippen LogP contribution in [0.2, 0.25) is 0 Å². The zero-order valence-electron chi connectivity index (χ0n) is 11.7. The van der Waals surface area contributed by atoms with Gasteiger partial charge in [-0.25, -0.2) is 0 Å². The highest BCUT2D eigenvalue weighted by atomic mass is 19.4. The second kappa shape index (κ2) is 5.96. The van der Waals surface area contributed by atoms with Crippen LogP contribution in [0.1, 0.15) is 38.3 Å². The Morgan fingerprint density at radius 2 is 1.84 bits per heavy atom. The van der Waals surface area contributed by atoms with Crippen LogP contribution >= 0.6 is 0 Å². The van der Waals surface area contributed by atoms with Crippen LogP contribution in [0.15, 0.2) is 16.5 Å². The number of hydrogen-bond acceptors (Lipinski definition) is 3. The van der Waals surface area contributed by atoms with Crippen LogP contribution in [0, 0.1) is 6.92 Å². The van der Waals surface area contributed by atoms with Gasteiger partial charge in [0.1, 0.15) is 11.5 Å². The molecule has 0 aromatic carbocycles. The predicted molar refractivity (Wildman–Crippen MR) is 67.7 cm³/mol. The Bertz CT molecular complexity index is 399. The van der Waals surface area contributed by atoms with Gasteiger partial charge in [0.2, 0.25) is 0 Å². The lowest BCUT2D eigenvalue weighted by molar-refractivity contribution is -0.157. The van der Waals surface area contributed by atoms with E-state index in [0.29, 0.717) is 11.5 Å². The minimum absolute atomic E-state index is 0.289. The molecule has 0 fully saturated rings. The molecule has 0 saturated heterocycles. The first-order valence-corrected chi connectivity index (χ1v) is 6.26. The Hall–Kier alpha value is -1.01. The number of furan rings is 1. The van der Waals surface area contributed by atoms with Gasteiger partial charge in [0.25, 0.3) is 0 Å². The molecule has 0 aliphatic carbocycles. The van der Waals surface area contributed by atoms with Crippen molar-refractivity contribution in [2.45, 2.75) is 52.0 Å². The molecule has 0 radical (unpaired) electrons. The number of alkyl halides is 3. The zero-order chi connectivity index (χ0) is 14.8. The Balaban J connectivity index is 3.06. The summed E-state index contributed by atoms with van der Waals surface area (Å²) in [5.41, 5.74) is 5.87. The monoisotopic (exact) mass is 278 g/mol. The van der Waals surface area contributed by atoms with Crippen LogP contribution in [0.4, 0.5) is 13.2 Å². The molecule has 2 atom stereocenters. The van der Waals surface area contributed by atoms with Gasteiger partial charge in [-0.15, -0.1) is 0 Å². The van der Waals surface area contributed by atoms with Gasteiger partial charge in [0.05, 0.1) is 12.6 Å². The highest BCUT2D eigenvalue weighted by molar-refractivity contribution is 5.12. The van der Waals surface area contributed by atoms with Gasteiger partial charge >= 0.3 is 6.18 Å². The van der Waals surface area contributed by atoms with Gasteiger partial charge in [-0.05, 0) is 39.8 Å². The molecule has 1 aromatic heterocycles. The molecule has 6 heteroatoms.